The lowest BCUT2D eigenvalue weighted by atomic mass is 9.93. The maximum atomic E-state index is 3.91. The fraction of sp³-hybridized carbons (Fsp3) is 1.00. The van der Waals surface area contributed by atoms with E-state index in [9.17, 15) is 0 Å². The number of hydrogen-bond acceptors (Lipinski definition) is 1. The van der Waals surface area contributed by atoms with Crippen LogP contribution in [0.2, 0.25) is 0 Å². The van der Waals surface area contributed by atoms with Gasteiger partial charge in [-0.25, -0.2) is 0 Å². The van der Waals surface area contributed by atoms with Gasteiger partial charge in [0.05, 0.1) is 0 Å². The van der Waals surface area contributed by atoms with Gasteiger partial charge in [0.25, 0.3) is 0 Å². The zero-order valence-corrected chi connectivity index (χ0v) is 10.7. The van der Waals surface area contributed by atoms with Gasteiger partial charge in [0.1, 0.15) is 0 Å². The Balaban J connectivity index is 1.85. The minimum atomic E-state index is 0.631. The van der Waals surface area contributed by atoms with E-state index in [1.165, 1.54) is 44.9 Å². The molecule has 0 spiro atoms. The highest BCUT2D eigenvalue weighted by atomic mass is 15.0. The molecule has 0 radical (unpaired) electrons. The Bertz CT molecular complexity index is 207. The molecule has 0 aromatic carbocycles. The standard InChI is InChI=1S/C14H27N/c1-11-7-5-4-6-8-13(11)15-12(2)14(3)9-10-14/h11-13,15H,4-10H2,1-3H3. The highest BCUT2D eigenvalue weighted by molar-refractivity contribution is 4.98. The third-order valence-corrected chi connectivity index (χ3v) is 4.91. The average Bonchev–Trinajstić information content (AvgIpc) is 2.96. The lowest BCUT2D eigenvalue weighted by Gasteiger charge is -2.30. The molecule has 0 aromatic heterocycles. The summed E-state index contributed by atoms with van der Waals surface area (Å²) < 4.78 is 0. The maximum Gasteiger partial charge on any atom is 0.00953 e. The molecule has 0 aliphatic heterocycles. The molecule has 2 aliphatic rings. The van der Waals surface area contributed by atoms with Gasteiger partial charge in [-0.3, -0.25) is 0 Å². The van der Waals surface area contributed by atoms with Gasteiger partial charge in [-0.2, -0.15) is 0 Å². The molecule has 2 fully saturated rings. The van der Waals surface area contributed by atoms with Gasteiger partial charge in [-0.1, -0.05) is 33.1 Å². The third-order valence-electron chi connectivity index (χ3n) is 4.91. The number of rotatable bonds is 3. The average molecular weight is 209 g/mol. The minimum Gasteiger partial charge on any atom is -0.311 e. The predicted octanol–water partition coefficient (Wildman–Crippen LogP) is 3.73. The van der Waals surface area contributed by atoms with Crippen LogP contribution in [0.4, 0.5) is 0 Å². The Morgan fingerprint density at radius 1 is 1.13 bits per heavy atom. The fourth-order valence-corrected chi connectivity index (χ4v) is 2.89. The Kier molecular flexibility index (Phi) is 3.39. The van der Waals surface area contributed by atoms with E-state index in [-0.39, 0.29) is 0 Å². The molecule has 2 aliphatic carbocycles. The van der Waals surface area contributed by atoms with Gasteiger partial charge < -0.3 is 5.32 Å². The second-order valence-electron chi connectivity index (χ2n) is 6.26. The van der Waals surface area contributed by atoms with Crippen LogP contribution in [0.25, 0.3) is 0 Å². The van der Waals surface area contributed by atoms with E-state index >= 15 is 0 Å². The second kappa shape index (κ2) is 4.45. The van der Waals surface area contributed by atoms with Crippen molar-refractivity contribution in [1.29, 1.82) is 0 Å². The van der Waals surface area contributed by atoms with Crippen LogP contribution in [0.5, 0.6) is 0 Å². The normalized spacial score (nSPS) is 37.0. The van der Waals surface area contributed by atoms with Crippen LogP contribution in [0.1, 0.15) is 65.7 Å². The summed E-state index contributed by atoms with van der Waals surface area (Å²) in [6.45, 7) is 7.27. The highest BCUT2D eigenvalue weighted by Gasteiger charge is 2.43. The van der Waals surface area contributed by atoms with Crippen molar-refractivity contribution in [3.63, 3.8) is 0 Å². The lowest BCUT2D eigenvalue weighted by molar-refractivity contribution is 0.276. The zero-order chi connectivity index (χ0) is 10.9. The molecule has 2 rings (SSSR count). The predicted molar refractivity (Wildman–Crippen MR) is 66.0 cm³/mol. The van der Waals surface area contributed by atoms with Gasteiger partial charge in [-0.15, -0.1) is 0 Å². The molecule has 15 heavy (non-hydrogen) atoms. The van der Waals surface area contributed by atoms with Crippen molar-refractivity contribution in [3.05, 3.63) is 0 Å². The van der Waals surface area contributed by atoms with Crippen molar-refractivity contribution < 1.29 is 0 Å². The molecule has 0 heterocycles. The summed E-state index contributed by atoms with van der Waals surface area (Å²) in [7, 11) is 0. The molecule has 0 aromatic rings. The van der Waals surface area contributed by atoms with Crippen LogP contribution >= 0.6 is 0 Å². The number of nitrogens with one attached hydrogen (secondary N) is 1. The van der Waals surface area contributed by atoms with Crippen molar-refractivity contribution in [3.8, 4) is 0 Å². The number of hydrogen-bond donors (Lipinski definition) is 1. The van der Waals surface area contributed by atoms with Crippen molar-refractivity contribution in [2.24, 2.45) is 11.3 Å². The SMILES string of the molecule is CC1CCCCCC1NC(C)C1(C)CC1. The molecule has 3 unspecified atom stereocenters. The summed E-state index contributed by atoms with van der Waals surface area (Å²) in [4.78, 5) is 0. The molecule has 0 saturated heterocycles. The van der Waals surface area contributed by atoms with Crippen LogP contribution in [0, 0.1) is 11.3 Å². The monoisotopic (exact) mass is 209 g/mol. The van der Waals surface area contributed by atoms with Crippen molar-refractivity contribution >= 4 is 0 Å². The topological polar surface area (TPSA) is 12.0 Å². The maximum absolute atomic E-state index is 3.91. The molecular weight excluding hydrogens is 182 g/mol. The van der Waals surface area contributed by atoms with Gasteiger partial charge in [0.2, 0.25) is 0 Å². The third kappa shape index (κ3) is 2.75. The van der Waals surface area contributed by atoms with E-state index in [0.29, 0.717) is 5.41 Å². The summed E-state index contributed by atoms with van der Waals surface area (Å²) in [5.41, 5.74) is 0.631. The summed E-state index contributed by atoms with van der Waals surface area (Å²) >= 11 is 0. The molecule has 0 bridgehead atoms. The molecule has 2 saturated carbocycles. The van der Waals surface area contributed by atoms with E-state index in [0.717, 1.165) is 18.0 Å². The Morgan fingerprint density at radius 3 is 2.47 bits per heavy atom. The van der Waals surface area contributed by atoms with E-state index < -0.39 is 0 Å². The molecular formula is C14H27N. The van der Waals surface area contributed by atoms with Gasteiger partial charge in [0, 0.05) is 12.1 Å². The van der Waals surface area contributed by atoms with Crippen LogP contribution in [0.3, 0.4) is 0 Å². The Hall–Kier alpha value is -0.0400. The first kappa shape index (κ1) is 11.4. The molecule has 3 atom stereocenters. The van der Waals surface area contributed by atoms with Crippen LogP contribution in [-0.4, -0.2) is 12.1 Å². The summed E-state index contributed by atoms with van der Waals surface area (Å²) in [5, 5.41) is 3.91. The van der Waals surface area contributed by atoms with Crippen LogP contribution in [0.15, 0.2) is 0 Å². The first-order valence-corrected chi connectivity index (χ1v) is 6.88. The first-order chi connectivity index (χ1) is 7.12. The second-order valence-corrected chi connectivity index (χ2v) is 6.26. The molecule has 88 valence electrons. The molecule has 0 amide bonds. The fourth-order valence-electron chi connectivity index (χ4n) is 2.89. The smallest absolute Gasteiger partial charge is 0.00953 e. The largest absolute Gasteiger partial charge is 0.311 e. The lowest BCUT2D eigenvalue weighted by Crippen LogP contribution is -2.44. The zero-order valence-electron chi connectivity index (χ0n) is 10.7. The van der Waals surface area contributed by atoms with E-state index in [1.807, 2.05) is 0 Å². The summed E-state index contributed by atoms with van der Waals surface area (Å²) in [6.07, 6.45) is 10.0. The van der Waals surface area contributed by atoms with E-state index in [2.05, 4.69) is 26.1 Å². The summed E-state index contributed by atoms with van der Waals surface area (Å²) in [5.74, 6) is 0.886. The van der Waals surface area contributed by atoms with Crippen LogP contribution < -0.4 is 5.32 Å². The molecule has 1 nitrogen and oxygen atoms in total. The molecule has 1 N–H and O–H groups in total. The van der Waals surface area contributed by atoms with Crippen molar-refractivity contribution in [2.45, 2.75) is 77.8 Å². The van der Waals surface area contributed by atoms with Gasteiger partial charge >= 0.3 is 0 Å². The van der Waals surface area contributed by atoms with Crippen LogP contribution in [-0.2, 0) is 0 Å². The van der Waals surface area contributed by atoms with E-state index in [1.54, 1.807) is 0 Å². The van der Waals surface area contributed by atoms with Crippen molar-refractivity contribution in [2.75, 3.05) is 0 Å². The van der Waals surface area contributed by atoms with E-state index in [4.69, 9.17) is 0 Å². The molecule has 1 heteroatoms. The van der Waals surface area contributed by atoms with Gasteiger partial charge in [0.15, 0.2) is 0 Å². The Labute approximate surface area is 95.0 Å². The first-order valence-electron chi connectivity index (χ1n) is 6.88. The summed E-state index contributed by atoms with van der Waals surface area (Å²) in [6, 6.07) is 1.52. The minimum absolute atomic E-state index is 0.631. The van der Waals surface area contributed by atoms with Gasteiger partial charge in [-0.05, 0) is 43.9 Å². The quantitative estimate of drug-likeness (QED) is 0.698. The Morgan fingerprint density at radius 2 is 1.80 bits per heavy atom. The van der Waals surface area contributed by atoms with Crippen molar-refractivity contribution in [1.82, 2.24) is 5.32 Å². The highest BCUT2D eigenvalue weighted by Crippen LogP contribution is 2.48.